The minimum atomic E-state index is -1.23. The van der Waals surface area contributed by atoms with Crippen molar-refractivity contribution < 1.29 is 24.0 Å². The number of benzene rings is 1. The van der Waals surface area contributed by atoms with Crippen molar-refractivity contribution >= 4 is 11.9 Å². The van der Waals surface area contributed by atoms with Crippen LogP contribution in [0.1, 0.15) is 80.0 Å². The number of Topliss-reactive ketones (excluding diaryl/α,β-unsaturated/α-hetero) is 1. The maximum absolute atomic E-state index is 13.3. The van der Waals surface area contributed by atoms with Gasteiger partial charge in [0.25, 0.3) is 5.56 Å². The average Bonchev–Trinajstić information content (AvgIpc) is 3.55. The van der Waals surface area contributed by atoms with Crippen molar-refractivity contribution in [2.24, 2.45) is 0 Å². The maximum atomic E-state index is 13.3. The summed E-state index contributed by atoms with van der Waals surface area (Å²) in [5.41, 5.74) is 0.412. The van der Waals surface area contributed by atoms with E-state index in [9.17, 15) is 19.5 Å². The molecular formula is C29H32N4O6. The summed E-state index contributed by atoms with van der Waals surface area (Å²) in [4.78, 5) is 48.6. The molecular weight excluding hydrogens is 500 g/mol. The molecule has 1 amide bonds. The number of rotatable bonds is 5. The van der Waals surface area contributed by atoms with Crippen LogP contribution in [0.5, 0.6) is 0 Å². The number of aromatic nitrogens is 3. The molecule has 39 heavy (non-hydrogen) atoms. The normalized spacial score (nSPS) is 24.1. The number of aliphatic hydroxyl groups is 1. The maximum Gasteiger partial charge on any atom is 0.411 e. The second-order valence-corrected chi connectivity index (χ2v) is 10.8. The van der Waals surface area contributed by atoms with E-state index in [0.717, 1.165) is 43.2 Å². The number of nitrogens with zero attached hydrogens (tertiary/aromatic N) is 3. The number of ketones is 1. The first-order chi connectivity index (χ1) is 18.9. The van der Waals surface area contributed by atoms with E-state index in [1.807, 2.05) is 37.3 Å². The molecule has 3 aromatic rings. The zero-order valence-electron chi connectivity index (χ0n) is 22.0. The van der Waals surface area contributed by atoms with Gasteiger partial charge in [0.1, 0.15) is 17.9 Å². The molecule has 1 unspecified atom stereocenters. The third-order valence-corrected chi connectivity index (χ3v) is 8.83. The van der Waals surface area contributed by atoms with Gasteiger partial charge in [-0.2, -0.15) is 0 Å². The highest BCUT2D eigenvalue weighted by molar-refractivity contribution is 5.91. The topological polar surface area (TPSA) is 139 Å². The fourth-order valence-corrected chi connectivity index (χ4v) is 6.63. The molecule has 0 saturated heterocycles. The zero-order valence-corrected chi connectivity index (χ0v) is 22.0. The van der Waals surface area contributed by atoms with Gasteiger partial charge in [-0.15, -0.1) is 0 Å². The van der Waals surface area contributed by atoms with Gasteiger partial charge < -0.3 is 19.4 Å². The summed E-state index contributed by atoms with van der Waals surface area (Å²) in [5.74, 6) is 1.02. The number of fused-ring (bicyclic) bond motifs is 3. The summed E-state index contributed by atoms with van der Waals surface area (Å²) in [6.45, 7) is 1.44. The first-order valence-corrected chi connectivity index (χ1v) is 13.7. The fraction of sp³-hybridized carbons (Fsp3) is 0.483. The van der Waals surface area contributed by atoms with E-state index in [4.69, 9.17) is 14.2 Å². The van der Waals surface area contributed by atoms with E-state index in [1.54, 1.807) is 0 Å². The Morgan fingerprint density at radius 3 is 2.67 bits per heavy atom. The molecule has 1 aliphatic heterocycles. The molecule has 6 rings (SSSR count). The SMILES string of the molecule is CCC1(CO)c2nc(-c3noc4c3CCC[C@@]43CCCCC3=O)[nH]c(=O)c2CN1C(=O)OCc1ccccc1. The summed E-state index contributed by atoms with van der Waals surface area (Å²) >= 11 is 0. The van der Waals surface area contributed by atoms with Crippen LogP contribution in [0.25, 0.3) is 11.5 Å². The average molecular weight is 533 g/mol. The number of aliphatic hydroxyl groups excluding tert-OH is 1. The van der Waals surface area contributed by atoms with Gasteiger partial charge in [-0.05, 0) is 44.1 Å². The summed E-state index contributed by atoms with van der Waals surface area (Å²) in [7, 11) is 0. The van der Waals surface area contributed by atoms with Crippen molar-refractivity contribution in [1.29, 1.82) is 0 Å². The Bertz CT molecular complexity index is 1470. The smallest absolute Gasteiger partial charge is 0.411 e. The molecule has 1 aromatic carbocycles. The van der Waals surface area contributed by atoms with E-state index in [2.05, 4.69) is 10.1 Å². The highest BCUT2D eigenvalue weighted by Crippen LogP contribution is 2.48. The molecule has 2 aliphatic carbocycles. The third kappa shape index (κ3) is 3.92. The van der Waals surface area contributed by atoms with Crippen molar-refractivity contribution in [2.75, 3.05) is 6.61 Å². The zero-order chi connectivity index (χ0) is 27.2. The Morgan fingerprint density at radius 2 is 1.92 bits per heavy atom. The Kier molecular flexibility index (Phi) is 6.37. The van der Waals surface area contributed by atoms with Crippen molar-refractivity contribution in [3.63, 3.8) is 0 Å². The van der Waals surface area contributed by atoms with Gasteiger partial charge in [0.2, 0.25) is 0 Å². The molecule has 10 heteroatoms. The quantitative estimate of drug-likeness (QED) is 0.505. The van der Waals surface area contributed by atoms with Crippen molar-refractivity contribution in [3.05, 3.63) is 68.8 Å². The van der Waals surface area contributed by atoms with Gasteiger partial charge in [-0.3, -0.25) is 14.5 Å². The molecule has 3 heterocycles. The van der Waals surface area contributed by atoms with Gasteiger partial charge in [0.05, 0.1) is 29.8 Å². The van der Waals surface area contributed by atoms with Crippen LogP contribution in [0, 0.1) is 0 Å². The fourth-order valence-electron chi connectivity index (χ4n) is 6.63. The van der Waals surface area contributed by atoms with E-state index in [0.29, 0.717) is 42.0 Å². The molecule has 10 nitrogen and oxygen atoms in total. The highest BCUT2D eigenvalue weighted by Gasteiger charge is 2.51. The number of carbonyl (C=O) groups is 2. The van der Waals surface area contributed by atoms with Gasteiger partial charge in [-0.25, -0.2) is 9.78 Å². The van der Waals surface area contributed by atoms with E-state index in [-0.39, 0.29) is 24.8 Å². The molecule has 1 saturated carbocycles. The van der Waals surface area contributed by atoms with Crippen LogP contribution < -0.4 is 5.56 Å². The molecule has 204 valence electrons. The number of H-pyrrole nitrogens is 1. The Hall–Kier alpha value is -3.79. The number of aromatic amines is 1. The number of hydrogen-bond acceptors (Lipinski definition) is 8. The molecule has 1 fully saturated rings. The second kappa shape index (κ2) is 9.75. The van der Waals surface area contributed by atoms with Crippen molar-refractivity contribution in [1.82, 2.24) is 20.0 Å². The molecule has 0 radical (unpaired) electrons. The molecule has 2 atom stereocenters. The lowest BCUT2D eigenvalue weighted by atomic mass is 9.64. The van der Waals surface area contributed by atoms with Gasteiger partial charge in [0.15, 0.2) is 17.3 Å². The van der Waals surface area contributed by atoms with Gasteiger partial charge in [-0.1, -0.05) is 48.8 Å². The summed E-state index contributed by atoms with van der Waals surface area (Å²) in [5, 5.41) is 14.9. The van der Waals surface area contributed by atoms with Crippen LogP contribution in [0.15, 0.2) is 39.6 Å². The Morgan fingerprint density at radius 1 is 1.13 bits per heavy atom. The molecule has 2 aromatic heterocycles. The van der Waals surface area contributed by atoms with Gasteiger partial charge in [0, 0.05) is 12.0 Å². The van der Waals surface area contributed by atoms with Crippen LogP contribution in [0.3, 0.4) is 0 Å². The summed E-state index contributed by atoms with van der Waals surface area (Å²) in [6.07, 6.45) is 5.04. The predicted octanol–water partition coefficient (Wildman–Crippen LogP) is 3.89. The number of nitrogens with one attached hydrogen (secondary N) is 1. The number of hydrogen-bond donors (Lipinski definition) is 2. The van der Waals surface area contributed by atoms with Crippen LogP contribution in [-0.4, -0.2) is 43.6 Å². The van der Waals surface area contributed by atoms with Crippen molar-refractivity contribution in [2.45, 2.75) is 82.4 Å². The lowest BCUT2D eigenvalue weighted by molar-refractivity contribution is -0.128. The Balaban J connectivity index is 1.36. The molecule has 2 N–H and O–H groups in total. The highest BCUT2D eigenvalue weighted by atomic mass is 16.6. The van der Waals surface area contributed by atoms with E-state index in [1.165, 1.54) is 4.90 Å². The summed E-state index contributed by atoms with van der Waals surface area (Å²) in [6, 6.07) is 9.31. The van der Waals surface area contributed by atoms with Crippen LogP contribution in [0.2, 0.25) is 0 Å². The lowest BCUT2D eigenvalue weighted by Crippen LogP contribution is -2.47. The lowest BCUT2D eigenvalue weighted by Gasteiger charge is -2.36. The summed E-state index contributed by atoms with van der Waals surface area (Å²) < 4.78 is 11.4. The first-order valence-electron chi connectivity index (χ1n) is 13.7. The van der Waals surface area contributed by atoms with Crippen LogP contribution >= 0.6 is 0 Å². The molecule has 3 aliphatic rings. The minimum absolute atomic E-state index is 0.0332. The van der Waals surface area contributed by atoms with E-state index < -0.39 is 29.2 Å². The predicted molar refractivity (Wildman–Crippen MR) is 140 cm³/mol. The Labute approximate surface area is 225 Å². The van der Waals surface area contributed by atoms with Gasteiger partial charge >= 0.3 is 6.09 Å². The minimum Gasteiger partial charge on any atom is -0.445 e. The molecule has 1 spiro atoms. The van der Waals surface area contributed by atoms with Crippen molar-refractivity contribution in [3.8, 4) is 11.5 Å². The monoisotopic (exact) mass is 532 g/mol. The largest absolute Gasteiger partial charge is 0.445 e. The van der Waals surface area contributed by atoms with Crippen LogP contribution in [0.4, 0.5) is 4.79 Å². The number of ether oxygens (including phenoxy) is 1. The van der Waals surface area contributed by atoms with E-state index >= 15 is 0 Å². The molecule has 0 bridgehead atoms. The first kappa shape index (κ1) is 25.5. The third-order valence-electron chi connectivity index (χ3n) is 8.83. The second-order valence-electron chi connectivity index (χ2n) is 10.8. The number of amides is 1. The van der Waals surface area contributed by atoms with Crippen LogP contribution in [-0.2, 0) is 40.1 Å². The standard InChI is InChI=1S/C29H32N4O6/c1-2-29(17-34)23-20(15-33(29)27(37)38-16-18-9-4-3-5-10-18)26(36)31-25(30-23)22-19-11-8-14-28(24(19)39-32-22)13-7-6-12-21(28)35/h3-5,9-10,34H,2,6-8,11-17H2,1H3,(H,30,31,36)/t28-,29?/m1/s1. The number of carbonyl (C=O) groups excluding carboxylic acids is 2.